The number of unbranched alkanes of at least 4 members (excludes halogenated alkanes) is 1. The lowest BCUT2D eigenvalue weighted by molar-refractivity contribution is -0.118. The van der Waals surface area contributed by atoms with Crippen molar-refractivity contribution in [3.05, 3.63) is 86.6 Å². The van der Waals surface area contributed by atoms with Crippen LogP contribution in [0.25, 0.3) is 11.3 Å². The molecule has 8 heteroatoms. The number of halogens is 2. The SMILES string of the molecule is CCCCc1ccc(N2C(S)=C(C#N)C(=O)NC2c2ccc(-c3ccc(Cl)cc3Cl)o2)cc1. The Balaban J connectivity index is 1.73. The fourth-order valence-electron chi connectivity index (χ4n) is 3.71. The molecular weight excluding hydrogens is 477 g/mol. The van der Waals surface area contributed by atoms with Gasteiger partial charge in [-0.15, -0.1) is 12.6 Å². The van der Waals surface area contributed by atoms with Gasteiger partial charge in [0.2, 0.25) is 0 Å². The van der Waals surface area contributed by atoms with Crippen LogP contribution in [0.4, 0.5) is 5.69 Å². The van der Waals surface area contributed by atoms with Crippen LogP contribution in [0.15, 0.2) is 69.6 Å². The lowest BCUT2D eigenvalue weighted by atomic mass is 10.1. The van der Waals surface area contributed by atoms with Crippen LogP contribution in [0.3, 0.4) is 0 Å². The molecule has 1 atom stereocenters. The summed E-state index contributed by atoms with van der Waals surface area (Å²) in [5, 5.41) is 13.6. The van der Waals surface area contributed by atoms with Gasteiger partial charge in [-0.05, 0) is 60.9 Å². The number of aryl methyl sites for hydroxylation is 1. The van der Waals surface area contributed by atoms with E-state index in [0.29, 0.717) is 27.1 Å². The van der Waals surface area contributed by atoms with Crippen molar-refractivity contribution in [3.8, 4) is 17.4 Å². The molecule has 2 heterocycles. The average molecular weight is 498 g/mol. The predicted molar refractivity (Wildman–Crippen MR) is 134 cm³/mol. The van der Waals surface area contributed by atoms with E-state index in [1.807, 2.05) is 30.3 Å². The Labute approximate surface area is 208 Å². The van der Waals surface area contributed by atoms with Crippen LogP contribution >= 0.6 is 35.8 Å². The molecule has 168 valence electrons. The largest absolute Gasteiger partial charge is 0.457 e. The second-order valence-corrected chi connectivity index (χ2v) is 8.92. The summed E-state index contributed by atoms with van der Waals surface area (Å²) in [5.74, 6) is 0.500. The number of hydrogen-bond acceptors (Lipinski definition) is 5. The van der Waals surface area contributed by atoms with Crippen molar-refractivity contribution in [1.29, 1.82) is 5.26 Å². The lowest BCUT2D eigenvalue weighted by Gasteiger charge is -2.36. The number of rotatable bonds is 6. The average Bonchev–Trinajstić information content (AvgIpc) is 3.28. The third-order valence-corrected chi connectivity index (χ3v) is 6.43. The molecule has 0 aliphatic carbocycles. The fraction of sp³-hybridized carbons (Fsp3) is 0.200. The van der Waals surface area contributed by atoms with Gasteiger partial charge >= 0.3 is 0 Å². The molecule has 1 aromatic heterocycles. The maximum atomic E-state index is 12.6. The zero-order chi connectivity index (χ0) is 23.5. The second kappa shape index (κ2) is 9.96. The van der Waals surface area contributed by atoms with Gasteiger partial charge in [-0.3, -0.25) is 4.79 Å². The van der Waals surface area contributed by atoms with Gasteiger partial charge in [-0.1, -0.05) is 48.7 Å². The van der Waals surface area contributed by atoms with Crippen molar-refractivity contribution in [3.63, 3.8) is 0 Å². The molecule has 0 bridgehead atoms. The molecule has 0 radical (unpaired) electrons. The number of amides is 1. The standard InChI is InChI=1S/C25H21Cl2N3O2S/c1-2-3-4-15-5-8-17(9-6-15)30-23(29-24(31)19(14-28)25(30)33)22-12-11-21(32-22)18-10-7-16(26)13-20(18)27/h5-13,23,33H,2-4H2,1H3,(H,29,31). The smallest absolute Gasteiger partial charge is 0.266 e. The molecule has 0 saturated carbocycles. The number of hydrogen-bond donors (Lipinski definition) is 2. The van der Waals surface area contributed by atoms with E-state index in [0.717, 1.165) is 24.9 Å². The molecular formula is C25H21Cl2N3O2S. The first-order valence-electron chi connectivity index (χ1n) is 10.5. The first-order valence-corrected chi connectivity index (χ1v) is 11.7. The number of nitrogens with one attached hydrogen (secondary N) is 1. The Hall–Kier alpha value is -2.85. The summed E-state index contributed by atoms with van der Waals surface area (Å²) in [6.07, 6.45) is 2.53. The third kappa shape index (κ3) is 4.77. The zero-order valence-electron chi connectivity index (χ0n) is 17.8. The summed E-state index contributed by atoms with van der Waals surface area (Å²) in [7, 11) is 0. The highest BCUT2D eigenvalue weighted by molar-refractivity contribution is 7.84. The van der Waals surface area contributed by atoms with Crippen molar-refractivity contribution in [1.82, 2.24) is 5.32 Å². The number of carbonyl (C=O) groups is 1. The Morgan fingerprint density at radius 3 is 2.58 bits per heavy atom. The van der Waals surface area contributed by atoms with Gasteiger partial charge in [0, 0.05) is 16.3 Å². The van der Waals surface area contributed by atoms with Gasteiger partial charge in [-0.2, -0.15) is 5.26 Å². The molecule has 1 aliphatic heterocycles. The van der Waals surface area contributed by atoms with Gasteiger partial charge in [0.15, 0.2) is 6.17 Å². The van der Waals surface area contributed by atoms with Crippen LogP contribution in [0.5, 0.6) is 0 Å². The van der Waals surface area contributed by atoms with Gasteiger partial charge < -0.3 is 14.6 Å². The van der Waals surface area contributed by atoms with Gasteiger partial charge in [0.05, 0.1) is 10.1 Å². The summed E-state index contributed by atoms with van der Waals surface area (Å²) in [6, 6.07) is 18.7. The molecule has 1 N–H and O–H groups in total. The summed E-state index contributed by atoms with van der Waals surface area (Å²) in [5.41, 5.74) is 2.62. The number of furan rings is 1. The number of thiol groups is 1. The van der Waals surface area contributed by atoms with E-state index >= 15 is 0 Å². The molecule has 0 spiro atoms. The van der Waals surface area contributed by atoms with E-state index in [1.165, 1.54) is 5.56 Å². The number of benzene rings is 2. The molecule has 3 aromatic rings. The summed E-state index contributed by atoms with van der Waals surface area (Å²) in [4.78, 5) is 14.4. The quantitative estimate of drug-likeness (QED) is 0.363. The summed E-state index contributed by atoms with van der Waals surface area (Å²) >= 11 is 16.9. The van der Waals surface area contributed by atoms with Crippen LogP contribution in [0.2, 0.25) is 10.0 Å². The molecule has 5 nitrogen and oxygen atoms in total. The second-order valence-electron chi connectivity index (χ2n) is 7.65. The maximum Gasteiger partial charge on any atom is 0.266 e. The Morgan fingerprint density at radius 1 is 1.15 bits per heavy atom. The third-order valence-electron chi connectivity index (χ3n) is 5.44. The van der Waals surface area contributed by atoms with E-state index in [9.17, 15) is 10.1 Å². The van der Waals surface area contributed by atoms with Gasteiger partial charge in [0.1, 0.15) is 23.2 Å². The monoisotopic (exact) mass is 497 g/mol. The maximum absolute atomic E-state index is 12.6. The van der Waals surface area contributed by atoms with Crippen LogP contribution in [0.1, 0.15) is 37.3 Å². The zero-order valence-corrected chi connectivity index (χ0v) is 20.2. The first kappa shape index (κ1) is 23.3. The number of anilines is 1. The highest BCUT2D eigenvalue weighted by atomic mass is 35.5. The van der Waals surface area contributed by atoms with Crippen LogP contribution in [0, 0.1) is 11.3 Å². The summed E-state index contributed by atoms with van der Waals surface area (Å²) < 4.78 is 6.10. The molecule has 1 unspecified atom stereocenters. The van der Waals surface area contributed by atoms with Gasteiger partial charge in [-0.25, -0.2) is 0 Å². The normalized spacial score (nSPS) is 16.0. The first-order chi connectivity index (χ1) is 15.9. The van der Waals surface area contributed by atoms with Crippen molar-refractivity contribution < 1.29 is 9.21 Å². The van der Waals surface area contributed by atoms with Crippen LogP contribution in [-0.4, -0.2) is 5.91 Å². The molecule has 33 heavy (non-hydrogen) atoms. The minimum atomic E-state index is -0.691. The predicted octanol–water partition coefficient (Wildman–Crippen LogP) is 6.90. The van der Waals surface area contributed by atoms with E-state index < -0.39 is 12.1 Å². The Kier molecular flexibility index (Phi) is 7.04. The minimum Gasteiger partial charge on any atom is -0.457 e. The van der Waals surface area contributed by atoms with Gasteiger partial charge in [0.25, 0.3) is 5.91 Å². The Morgan fingerprint density at radius 2 is 1.91 bits per heavy atom. The lowest BCUT2D eigenvalue weighted by Crippen LogP contribution is -2.45. The number of carbonyl (C=O) groups excluding carboxylic acids is 1. The molecule has 0 fully saturated rings. The van der Waals surface area contributed by atoms with E-state index in [1.54, 1.807) is 35.2 Å². The fourth-order valence-corrected chi connectivity index (χ4v) is 4.60. The molecule has 0 saturated heterocycles. The van der Waals surface area contributed by atoms with Crippen LogP contribution < -0.4 is 10.2 Å². The van der Waals surface area contributed by atoms with Crippen molar-refractivity contribution in [2.75, 3.05) is 4.90 Å². The number of nitriles is 1. The Bertz CT molecular complexity index is 1260. The van der Waals surface area contributed by atoms with Crippen molar-refractivity contribution >= 4 is 47.4 Å². The summed E-state index contributed by atoms with van der Waals surface area (Å²) in [6.45, 7) is 2.16. The topological polar surface area (TPSA) is 69.3 Å². The molecule has 4 rings (SSSR count). The highest BCUT2D eigenvalue weighted by Gasteiger charge is 2.35. The molecule has 2 aromatic carbocycles. The van der Waals surface area contributed by atoms with Crippen molar-refractivity contribution in [2.45, 2.75) is 32.4 Å². The number of nitrogens with zero attached hydrogens (tertiary/aromatic N) is 2. The minimum absolute atomic E-state index is 0.0582. The van der Waals surface area contributed by atoms with Crippen LogP contribution in [-0.2, 0) is 11.2 Å². The van der Waals surface area contributed by atoms with E-state index in [2.05, 4.69) is 24.9 Å². The highest BCUT2D eigenvalue weighted by Crippen LogP contribution is 2.39. The van der Waals surface area contributed by atoms with E-state index in [-0.39, 0.29) is 10.6 Å². The molecule has 1 amide bonds. The van der Waals surface area contributed by atoms with Crippen molar-refractivity contribution in [2.24, 2.45) is 0 Å². The van der Waals surface area contributed by atoms with E-state index in [4.69, 9.17) is 27.6 Å². The molecule has 1 aliphatic rings.